The average molecular weight is 569 g/mol. The second-order valence-corrected chi connectivity index (χ2v) is 12.6. The van der Waals surface area contributed by atoms with Gasteiger partial charge < -0.3 is 15.6 Å². The van der Waals surface area contributed by atoms with Crippen molar-refractivity contribution in [2.24, 2.45) is 27.7 Å². The topological polar surface area (TPSA) is 111 Å². The van der Waals surface area contributed by atoms with Crippen molar-refractivity contribution < 1.29 is 9.59 Å². The molecule has 4 aliphatic heterocycles. The Kier molecular flexibility index (Phi) is 7.21. The van der Waals surface area contributed by atoms with Crippen LogP contribution in [0.25, 0.3) is 12.2 Å². The van der Waals surface area contributed by atoms with Gasteiger partial charge in [0.1, 0.15) is 0 Å². The van der Waals surface area contributed by atoms with Crippen LogP contribution < -0.4 is 26.6 Å². The summed E-state index contributed by atoms with van der Waals surface area (Å²) < 4.78 is 0. The highest BCUT2D eigenvalue weighted by Gasteiger charge is 2.60. The maximum atomic E-state index is 13.6. The number of carbonyl (C=O) groups excluding carboxylic acids is 2. The molecule has 0 radical (unpaired) electrons. The Labute approximate surface area is 248 Å². The lowest BCUT2D eigenvalue weighted by atomic mass is 9.60. The molecule has 1 aromatic heterocycles. The van der Waals surface area contributed by atoms with Crippen LogP contribution in [0.15, 0.2) is 68.3 Å². The van der Waals surface area contributed by atoms with Crippen molar-refractivity contribution >= 4 is 35.4 Å². The molecule has 0 spiro atoms. The van der Waals surface area contributed by atoms with Gasteiger partial charge in [0, 0.05) is 36.3 Å². The standard InChI is InChI=1S/C34H44N6O2/c1-18-28-16-26-12-11-24(37-26)15-25-13-14-27(38-25)17-32(7)20(3)21(4)33(8,40-32)23(6)34(39-28,22(5)31(42)36-10)29(18)19(2)30(41)35-9/h11-17,19,22-23,37,40H,1-10H3,(H,35,41)(H,36,42)/b24-15-,26-16-,27-17-. The Balaban J connectivity index is 1.89. The number of amides is 2. The Bertz CT molecular complexity index is 1680. The van der Waals surface area contributed by atoms with Crippen molar-refractivity contribution in [3.8, 4) is 0 Å². The summed E-state index contributed by atoms with van der Waals surface area (Å²) in [5.74, 6) is -1.51. The smallest absolute Gasteiger partial charge is 0.226 e. The number of hydrogen-bond donors (Lipinski definition) is 4. The highest BCUT2D eigenvalue weighted by molar-refractivity contribution is 6.23. The minimum atomic E-state index is -1.01. The number of fused-ring (bicyclic) bond motifs is 6. The van der Waals surface area contributed by atoms with E-state index in [1.807, 2.05) is 57.2 Å². The summed E-state index contributed by atoms with van der Waals surface area (Å²) in [5.41, 5.74) is 4.70. The SMILES string of the molecule is CNC(=O)C(C)C1=C(C)C2=NC1(C(C)C(=O)NC)C(C)C1(C)NC(C)(/C=C3/C=CC(=N3)/C=c3/cc/c([nH]3)=C/2)C(C)=C1C. The van der Waals surface area contributed by atoms with E-state index >= 15 is 0 Å². The third kappa shape index (κ3) is 4.30. The monoisotopic (exact) mass is 568 g/mol. The Morgan fingerprint density at radius 3 is 2.24 bits per heavy atom. The first-order chi connectivity index (χ1) is 19.7. The van der Waals surface area contributed by atoms with Gasteiger partial charge in [-0.3, -0.25) is 19.9 Å². The van der Waals surface area contributed by atoms with Gasteiger partial charge in [-0.05, 0) is 101 Å². The summed E-state index contributed by atoms with van der Waals surface area (Å²) in [7, 11) is 3.32. The van der Waals surface area contributed by atoms with E-state index in [0.29, 0.717) is 0 Å². The number of rotatable bonds is 4. The van der Waals surface area contributed by atoms with Gasteiger partial charge in [-0.2, -0.15) is 0 Å². The van der Waals surface area contributed by atoms with Gasteiger partial charge >= 0.3 is 0 Å². The zero-order valence-corrected chi connectivity index (χ0v) is 26.5. The zero-order valence-electron chi connectivity index (χ0n) is 26.5. The first-order valence-corrected chi connectivity index (χ1v) is 14.8. The quantitative estimate of drug-likeness (QED) is 0.419. The van der Waals surface area contributed by atoms with Crippen LogP contribution in [0.3, 0.4) is 0 Å². The molecule has 5 heterocycles. The molecule has 0 saturated heterocycles. The number of aromatic amines is 1. The molecular formula is C34H44N6O2. The molecule has 222 valence electrons. The molecule has 0 saturated carbocycles. The van der Waals surface area contributed by atoms with Crippen LogP contribution in [-0.4, -0.2) is 58.9 Å². The van der Waals surface area contributed by atoms with E-state index in [1.54, 1.807) is 14.1 Å². The Morgan fingerprint density at radius 2 is 1.60 bits per heavy atom. The van der Waals surface area contributed by atoms with Gasteiger partial charge in [0.2, 0.25) is 11.8 Å². The van der Waals surface area contributed by atoms with Crippen LogP contribution >= 0.6 is 0 Å². The Hall–Kier alpha value is -3.78. The largest absolute Gasteiger partial charge is 0.359 e. The molecule has 8 nitrogen and oxygen atoms in total. The van der Waals surface area contributed by atoms with E-state index in [1.165, 1.54) is 11.1 Å². The highest BCUT2D eigenvalue weighted by Crippen LogP contribution is 2.54. The zero-order chi connectivity index (χ0) is 30.8. The van der Waals surface area contributed by atoms with E-state index in [9.17, 15) is 9.59 Å². The first-order valence-electron chi connectivity index (χ1n) is 14.8. The number of H-pyrrole nitrogens is 1. The summed E-state index contributed by atoms with van der Waals surface area (Å²) in [6.07, 6.45) is 10.3. The molecule has 0 aliphatic carbocycles. The predicted octanol–water partition coefficient (Wildman–Crippen LogP) is 2.85. The molecule has 42 heavy (non-hydrogen) atoms. The molecule has 2 amide bonds. The fourth-order valence-corrected chi connectivity index (χ4v) is 7.67. The molecule has 6 unspecified atom stereocenters. The molecule has 4 N–H and O–H groups in total. The van der Waals surface area contributed by atoms with Crippen molar-refractivity contribution in [2.45, 2.75) is 72.0 Å². The molecule has 1 aromatic rings. The van der Waals surface area contributed by atoms with E-state index in [-0.39, 0.29) is 17.7 Å². The predicted molar refractivity (Wildman–Crippen MR) is 170 cm³/mol. The highest BCUT2D eigenvalue weighted by atomic mass is 16.2. The molecule has 0 fully saturated rings. The van der Waals surface area contributed by atoms with Gasteiger partial charge in [-0.25, -0.2) is 4.99 Å². The lowest BCUT2D eigenvalue weighted by molar-refractivity contribution is -0.128. The molecule has 8 heteroatoms. The molecule has 6 atom stereocenters. The van der Waals surface area contributed by atoms with E-state index in [4.69, 9.17) is 9.98 Å². The van der Waals surface area contributed by atoms with Crippen molar-refractivity contribution in [3.63, 3.8) is 0 Å². The van der Waals surface area contributed by atoms with Crippen molar-refractivity contribution in [1.29, 1.82) is 0 Å². The summed E-state index contributed by atoms with van der Waals surface area (Å²) in [5, 5.41) is 11.5. The lowest BCUT2D eigenvalue weighted by Gasteiger charge is -2.49. The summed E-state index contributed by atoms with van der Waals surface area (Å²) in [4.78, 5) is 40.9. The summed E-state index contributed by atoms with van der Waals surface area (Å²) >= 11 is 0. The fourth-order valence-electron chi connectivity index (χ4n) is 7.67. The van der Waals surface area contributed by atoms with Gasteiger partial charge in [-0.1, -0.05) is 19.4 Å². The minimum absolute atomic E-state index is 0.104. The van der Waals surface area contributed by atoms with E-state index in [2.05, 4.69) is 61.6 Å². The molecule has 0 aromatic carbocycles. The van der Waals surface area contributed by atoms with Gasteiger partial charge in [-0.15, -0.1) is 0 Å². The normalized spacial score (nSPS) is 34.4. The maximum Gasteiger partial charge on any atom is 0.226 e. The number of hydrogen-bond acceptors (Lipinski definition) is 5. The second-order valence-electron chi connectivity index (χ2n) is 12.6. The number of carbonyl (C=O) groups is 2. The molecule has 4 aliphatic rings. The van der Waals surface area contributed by atoms with Crippen LogP contribution in [0.1, 0.15) is 55.4 Å². The number of aliphatic imine (C=N–C) groups is 2. The Morgan fingerprint density at radius 1 is 0.952 bits per heavy atom. The van der Waals surface area contributed by atoms with Crippen LogP contribution in [0.2, 0.25) is 0 Å². The van der Waals surface area contributed by atoms with Crippen LogP contribution in [0.5, 0.6) is 0 Å². The van der Waals surface area contributed by atoms with Crippen LogP contribution in [0, 0.1) is 17.8 Å². The first kappa shape index (κ1) is 29.7. The van der Waals surface area contributed by atoms with Crippen LogP contribution in [-0.2, 0) is 9.59 Å². The number of nitrogens with one attached hydrogen (secondary N) is 4. The van der Waals surface area contributed by atoms with E-state index < -0.39 is 28.5 Å². The minimum Gasteiger partial charge on any atom is -0.359 e. The van der Waals surface area contributed by atoms with E-state index in [0.717, 1.165) is 39.0 Å². The van der Waals surface area contributed by atoms with Gasteiger partial charge in [0.25, 0.3) is 0 Å². The number of aromatic nitrogens is 1. The second kappa shape index (κ2) is 10.2. The molecular weight excluding hydrogens is 524 g/mol. The summed E-state index contributed by atoms with van der Waals surface area (Å²) in [6, 6.07) is 4.04. The third-order valence-corrected chi connectivity index (χ3v) is 10.5. The number of nitrogens with zero attached hydrogens (tertiary/aromatic N) is 2. The summed E-state index contributed by atoms with van der Waals surface area (Å²) in [6.45, 7) is 16.8. The lowest BCUT2D eigenvalue weighted by Crippen LogP contribution is -2.62. The van der Waals surface area contributed by atoms with Gasteiger partial charge in [0.15, 0.2) is 0 Å². The van der Waals surface area contributed by atoms with Crippen molar-refractivity contribution in [1.82, 2.24) is 20.9 Å². The molecule has 8 bridgehead atoms. The number of allylic oxidation sites excluding steroid dienone is 3. The van der Waals surface area contributed by atoms with Crippen LogP contribution in [0.4, 0.5) is 0 Å². The molecule has 5 rings (SSSR count). The van der Waals surface area contributed by atoms with Crippen molar-refractivity contribution in [3.05, 3.63) is 69.0 Å². The average Bonchev–Trinajstić information content (AvgIpc) is 3.70. The van der Waals surface area contributed by atoms with Gasteiger partial charge in [0.05, 0.1) is 40.0 Å². The fraction of sp³-hybridized carbons (Fsp3) is 0.471. The third-order valence-electron chi connectivity index (χ3n) is 10.5. The van der Waals surface area contributed by atoms with Crippen molar-refractivity contribution in [2.75, 3.05) is 14.1 Å². The maximum absolute atomic E-state index is 13.6.